The van der Waals surface area contributed by atoms with E-state index in [-0.39, 0.29) is 11.0 Å². The largest absolute Gasteiger partial charge is 0.490 e. The summed E-state index contributed by atoms with van der Waals surface area (Å²) in [6.07, 6.45) is 9.36. The molecule has 4 amide bonds. The Morgan fingerprint density at radius 1 is 0.949 bits per heavy atom. The molecule has 0 aromatic heterocycles. The van der Waals surface area contributed by atoms with E-state index >= 15 is 0 Å². The van der Waals surface area contributed by atoms with Crippen LogP contribution in [0.2, 0.25) is 0 Å². The third-order valence-corrected chi connectivity index (χ3v) is 9.61. The molecule has 0 atom stereocenters. The van der Waals surface area contributed by atoms with Crippen LogP contribution in [0.1, 0.15) is 63.5 Å². The van der Waals surface area contributed by atoms with Gasteiger partial charge < -0.3 is 9.47 Å². The molecule has 8 heteroatoms. The van der Waals surface area contributed by atoms with Gasteiger partial charge >= 0.3 is 6.03 Å². The predicted molar refractivity (Wildman–Crippen MR) is 157 cm³/mol. The minimum atomic E-state index is -0.735. The van der Waals surface area contributed by atoms with Crippen LogP contribution in [0.3, 0.4) is 0 Å². The molecule has 5 fully saturated rings. The van der Waals surface area contributed by atoms with Crippen LogP contribution in [0.25, 0.3) is 6.08 Å². The second-order valence-corrected chi connectivity index (χ2v) is 12.6. The van der Waals surface area contributed by atoms with E-state index in [0.29, 0.717) is 36.0 Å². The standard InChI is InChI=1S/C31H33IN2O5/c1-3-38-26-14-18(13-25(32)27(26)39-4-2)12-24-28(35)33-30(37)34(29(24)36)23-7-5-22(6-8-23)31-15-19-9-20(16-31)11-21(10-19)17-31/h5-8,12-14,19-21H,3-4,9-11,15-17H2,1-2H3,(H,33,35,37)/b24-12+. The minimum Gasteiger partial charge on any atom is -0.490 e. The first kappa shape index (κ1) is 26.3. The maximum absolute atomic E-state index is 13.5. The van der Waals surface area contributed by atoms with Gasteiger partial charge in [0.1, 0.15) is 5.57 Å². The molecule has 0 radical (unpaired) electrons. The Kier molecular flexibility index (Phi) is 6.93. The molecule has 1 N–H and O–H groups in total. The molecule has 7 nitrogen and oxygen atoms in total. The SMILES string of the molecule is CCOc1cc(/C=C2\C(=O)NC(=O)N(c3ccc(C45CC6CC(CC(C6)C4)C5)cc3)C2=O)cc(I)c1OCC. The average molecular weight is 641 g/mol. The van der Waals surface area contributed by atoms with Crippen molar-refractivity contribution in [2.75, 3.05) is 18.1 Å². The normalized spacial score (nSPS) is 28.7. The third kappa shape index (κ3) is 4.74. The smallest absolute Gasteiger partial charge is 0.335 e. The fraction of sp³-hybridized carbons (Fsp3) is 0.452. The summed E-state index contributed by atoms with van der Waals surface area (Å²) in [5, 5.41) is 2.34. The fourth-order valence-corrected chi connectivity index (χ4v) is 8.49. The number of rotatable bonds is 7. The zero-order chi connectivity index (χ0) is 27.3. The second-order valence-electron chi connectivity index (χ2n) is 11.4. The number of hydrogen-bond acceptors (Lipinski definition) is 5. The number of hydrogen-bond donors (Lipinski definition) is 1. The van der Waals surface area contributed by atoms with Gasteiger partial charge in [0, 0.05) is 0 Å². The van der Waals surface area contributed by atoms with Crippen molar-refractivity contribution in [2.45, 2.75) is 57.8 Å². The topological polar surface area (TPSA) is 84.9 Å². The summed E-state index contributed by atoms with van der Waals surface area (Å²) in [5.74, 6) is 2.29. The lowest BCUT2D eigenvalue weighted by molar-refractivity contribution is -0.122. The number of ether oxygens (including phenoxy) is 2. The molecule has 4 bridgehead atoms. The van der Waals surface area contributed by atoms with Gasteiger partial charge in [-0.1, -0.05) is 12.1 Å². The van der Waals surface area contributed by atoms with E-state index in [1.807, 2.05) is 32.0 Å². The highest BCUT2D eigenvalue weighted by molar-refractivity contribution is 14.1. The van der Waals surface area contributed by atoms with Crippen LogP contribution >= 0.6 is 22.6 Å². The van der Waals surface area contributed by atoms with Crippen molar-refractivity contribution in [2.24, 2.45) is 17.8 Å². The van der Waals surface area contributed by atoms with E-state index in [1.54, 1.807) is 6.07 Å². The minimum absolute atomic E-state index is 0.109. The van der Waals surface area contributed by atoms with E-state index in [9.17, 15) is 14.4 Å². The van der Waals surface area contributed by atoms with Gasteiger partial charge in [0.05, 0.1) is 22.5 Å². The maximum Gasteiger partial charge on any atom is 0.335 e. The highest BCUT2D eigenvalue weighted by Gasteiger charge is 2.51. The first-order valence-corrected chi connectivity index (χ1v) is 15.0. The van der Waals surface area contributed by atoms with Crippen molar-refractivity contribution >= 4 is 52.2 Å². The lowest BCUT2D eigenvalue weighted by Gasteiger charge is -2.57. The first-order valence-electron chi connectivity index (χ1n) is 13.9. The second kappa shape index (κ2) is 10.3. The Labute approximate surface area is 242 Å². The Morgan fingerprint density at radius 3 is 2.15 bits per heavy atom. The third-order valence-electron chi connectivity index (χ3n) is 8.81. The summed E-state index contributed by atoms with van der Waals surface area (Å²) in [4.78, 5) is 40.2. The van der Waals surface area contributed by atoms with Crippen molar-refractivity contribution in [1.82, 2.24) is 5.32 Å². The van der Waals surface area contributed by atoms with E-state index in [1.165, 1.54) is 50.2 Å². The molecule has 2 aromatic carbocycles. The van der Waals surface area contributed by atoms with E-state index in [4.69, 9.17) is 9.47 Å². The molecular weight excluding hydrogens is 607 g/mol. The fourth-order valence-electron chi connectivity index (χ4n) is 7.71. The molecule has 1 heterocycles. The number of carbonyl (C=O) groups excluding carboxylic acids is 3. The van der Waals surface area contributed by atoms with Crippen LogP contribution in [0, 0.1) is 21.3 Å². The van der Waals surface area contributed by atoms with Gasteiger partial charge in [0.15, 0.2) is 11.5 Å². The monoisotopic (exact) mass is 640 g/mol. The summed E-state index contributed by atoms with van der Waals surface area (Å²) >= 11 is 2.15. The van der Waals surface area contributed by atoms with Crippen molar-refractivity contribution < 1.29 is 23.9 Å². The summed E-state index contributed by atoms with van der Waals surface area (Å²) in [7, 11) is 0. The lowest BCUT2D eigenvalue weighted by Crippen LogP contribution is -2.54. The number of imide groups is 2. The molecule has 39 heavy (non-hydrogen) atoms. The highest BCUT2D eigenvalue weighted by Crippen LogP contribution is 2.60. The van der Waals surface area contributed by atoms with Gasteiger partial charge in [-0.2, -0.15) is 0 Å². The quantitative estimate of drug-likeness (QED) is 0.221. The zero-order valence-corrected chi connectivity index (χ0v) is 24.5. The van der Waals surface area contributed by atoms with Gasteiger partial charge in [-0.25, -0.2) is 9.69 Å². The predicted octanol–water partition coefficient (Wildman–Crippen LogP) is 6.22. The molecule has 5 aliphatic rings. The van der Waals surface area contributed by atoms with Crippen LogP contribution in [-0.4, -0.2) is 31.1 Å². The van der Waals surface area contributed by atoms with Crippen LogP contribution in [0.15, 0.2) is 42.0 Å². The molecule has 7 rings (SSSR count). The lowest BCUT2D eigenvalue weighted by atomic mass is 9.48. The summed E-state index contributed by atoms with van der Waals surface area (Å²) < 4.78 is 12.3. The van der Waals surface area contributed by atoms with Crippen LogP contribution in [0.5, 0.6) is 11.5 Å². The van der Waals surface area contributed by atoms with E-state index in [0.717, 1.165) is 26.2 Å². The van der Waals surface area contributed by atoms with Crippen molar-refractivity contribution in [1.29, 1.82) is 0 Å². The Hall–Kier alpha value is -2.88. The first-order chi connectivity index (χ1) is 18.8. The number of anilines is 1. The van der Waals surface area contributed by atoms with Crippen molar-refractivity contribution in [3.05, 3.63) is 56.7 Å². The number of carbonyl (C=O) groups is 3. The Bertz CT molecular complexity index is 1330. The van der Waals surface area contributed by atoms with Crippen molar-refractivity contribution in [3.63, 3.8) is 0 Å². The summed E-state index contributed by atoms with van der Waals surface area (Å²) in [6.45, 7) is 4.70. The molecule has 4 saturated carbocycles. The van der Waals surface area contributed by atoms with Gasteiger partial charge in [-0.05, 0) is 140 Å². The Morgan fingerprint density at radius 2 is 1.56 bits per heavy atom. The number of amides is 4. The molecule has 0 spiro atoms. The average Bonchev–Trinajstić information content (AvgIpc) is 2.88. The van der Waals surface area contributed by atoms with Gasteiger partial charge in [-0.3, -0.25) is 14.9 Å². The molecule has 4 aliphatic carbocycles. The molecule has 0 unspecified atom stereocenters. The molecular formula is C31H33IN2O5. The zero-order valence-electron chi connectivity index (χ0n) is 22.3. The van der Waals surface area contributed by atoms with Crippen LogP contribution in [-0.2, 0) is 15.0 Å². The molecule has 204 valence electrons. The number of nitrogens with zero attached hydrogens (tertiary/aromatic N) is 1. The maximum atomic E-state index is 13.5. The van der Waals surface area contributed by atoms with Gasteiger partial charge in [0.25, 0.3) is 11.8 Å². The Balaban J connectivity index is 1.29. The van der Waals surface area contributed by atoms with E-state index < -0.39 is 17.8 Å². The number of benzene rings is 2. The highest BCUT2D eigenvalue weighted by atomic mass is 127. The summed E-state index contributed by atoms with van der Waals surface area (Å²) in [6, 6.07) is 10.7. The van der Waals surface area contributed by atoms with Crippen LogP contribution in [0.4, 0.5) is 10.5 Å². The molecule has 1 saturated heterocycles. The van der Waals surface area contributed by atoms with Gasteiger partial charge in [-0.15, -0.1) is 0 Å². The van der Waals surface area contributed by atoms with E-state index in [2.05, 4.69) is 40.0 Å². The van der Waals surface area contributed by atoms with Crippen molar-refractivity contribution in [3.8, 4) is 11.5 Å². The van der Waals surface area contributed by atoms with Crippen LogP contribution < -0.4 is 19.7 Å². The molecule has 1 aliphatic heterocycles. The number of urea groups is 1. The number of barbiturate groups is 1. The molecule has 2 aromatic rings. The number of nitrogens with one attached hydrogen (secondary N) is 1. The van der Waals surface area contributed by atoms with Gasteiger partial charge in [0.2, 0.25) is 0 Å². The summed E-state index contributed by atoms with van der Waals surface area (Å²) in [5.41, 5.74) is 2.50. The number of halogens is 1.